The molecule has 148 valence electrons. The van der Waals surface area contributed by atoms with E-state index in [4.69, 9.17) is 9.47 Å². The van der Waals surface area contributed by atoms with Crippen molar-refractivity contribution in [2.24, 2.45) is 0 Å². The minimum Gasteiger partial charge on any atom is -0.497 e. The van der Waals surface area contributed by atoms with Crippen molar-refractivity contribution in [3.8, 4) is 11.5 Å². The van der Waals surface area contributed by atoms with Gasteiger partial charge in [-0.05, 0) is 12.1 Å². The van der Waals surface area contributed by atoms with Crippen LogP contribution in [0.5, 0.6) is 11.5 Å². The van der Waals surface area contributed by atoms with Crippen LogP contribution in [0.4, 0.5) is 11.5 Å². The molecule has 3 rings (SSSR count). The van der Waals surface area contributed by atoms with Crippen LogP contribution in [0.1, 0.15) is 17.4 Å². The molecule has 2 amide bonds. The van der Waals surface area contributed by atoms with Crippen molar-refractivity contribution >= 4 is 23.3 Å². The number of aromatic nitrogens is 2. The first-order valence-corrected chi connectivity index (χ1v) is 8.87. The Bertz CT molecular complexity index is 848. The molecule has 9 nitrogen and oxygen atoms in total. The first kappa shape index (κ1) is 19.4. The van der Waals surface area contributed by atoms with E-state index in [0.717, 1.165) is 0 Å². The highest BCUT2D eigenvalue weighted by atomic mass is 16.5. The quantitative estimate of drug-likeness (QED) is 0.831. The molecule has 1 aromatic carbocycles. The van der Waals surface area contributed by atoms with Crippen molar-refractivity contribution in [3.63, 3.8) is 0 Å². The Morgan fingerprint density at radius 1 is 1.04 bits per heavy atom. The summed E-state index contributed by atoms with van der Waals surface area (Å²) in [6.45, 7) is 4.23. The third kappa shape index (κ3) is 4.30. The molecule has 1 fully saturated rings. The van der Waals surface area contributed by atoms with Crippen LogP contribution in [-0.2, 0) is 4.79 Å². The molecule has 1 aliphatic rings. The lowest BCUT2D eigenvalue weighted by Gasteiger charge is -2.34. The summed E-state index contributed by atoms with van der Waals surface area (Å²) >= 11 is 0. The van der Waals surface area contributed by atoms with E-state index in [9.17, 15) is 9.59 Å². The SMILES string of the molecule is COc1ccc(OC)c(NC(=O)c2cnc(N3CCN(C(C)=O)CC3)cn2)c1. The summed E-state index contributed by atoms with van der Waals surface area (Å²) in [5, 5.41) is 2.77. The van der Waals surface area contributed by atoms with Gasteiger partial charge in [-0.1, -0.05) is 0 Å². The number of benzene rings is 1. The van der Waals surface area contributed by atoms with Gasteiger partial charge in [-0.25, -0.2) is 9.97 Å². The Morgan fingerprint density at radius 3 is 2.36 bits per heavy atom. The fourth-order valence-corrected chi connectivity index (χ4v) is 2.95. The molecule has 0 saturated carbocycles. The second-order valence-corrected chi connectivity index (χ2v) is 6.27. The summed E-state index contributed by atoms with van der Waals surface area (Å²) in [5.74, 6) is 1.47. The van der Waals surface area contributed by atoms with E-state index in [0.29, 0.717) is 49.2 Å². The number of ether oxygens (including phenoxy) is 2. The number of carbonyl (C=O) groups is 2. The molecule has 9 heteroatoms. The van der Waals surface area contributed by atoms with E-state index in [1.54, 1.807) is 43.3 Å². The van der Waals surface area contributed by atoms with Crippen molar-refractivity contribution in [3.05, 3.63) is 36.3 Å². The molecule has 0 bridgehead atoms. The van der Waals surface area contributed by atoms with Crippen LogP contribution in [0.2, 0.25) is 0 Å². The third-order valence-electron chi connectivity index (χ3n) is 4.57. The fraction of sp³-hybridized carbons (Fsp3) is 0.368. The number of piperazine rings is 1. The number of hydrogen-bond acceptors (Lipinski definition) is 7. The summed E-state index contributed by atoms with van der Waals surface area (Å²) < 4.78 is 10.4. The Balaban J connectivity index is 1.67. The lowest BCUT2D eigenvalue weighted by molar-refractivity contribution is -0.129. The number of anilines is 2. The number of amides is 2. The summed E-state index contributed by atoms with van der Waals surface area (Å²) in [7, 11) is 3.08. The third-order valence-corrected chi connectivity index (χ3v) is 4.57. The van der Waals surface area contributed by atoms with Gasteiger partial charge in [0.25, 0.3) is 5.91 Å². The molecule has 0 atom stereocenters. The lowest BCUT2D eigenvalue weighted by atomic mass is 10.2. The Hall–Kier alpha value is -3.36. The minimum absolute atomic E-state index is 0.0747. The van der Waals surface area contributed by atoms with Gasteiger partial charge < -0.3 is 24.6 Å². The van der Waals surface area contributed by atoms with Crippen LogP contribution in [0, 0.1) is 0 Å². The van der Waals surface area contributed by atoms with Crippen LogP contribution >= 0.6 is 0 Å². The predicted octanol–water partition coefficient (Wildman–Crippen LogP) is 1.41. The van der Waals surface area contributed by atoms with Gasteiger partial charge in [0.15, 0.2) is 0 Å². The lowest BCUT2D eigenvalue weighted by Crippen LogP contribution is -2.48. The summed E-state index contributed by atoms with van der Waals surface area (Å²) in [4.78, 5) is 36.4. The summed E-state index contributed by atoms with van der Waals surface area (Å²) in [6, 6.07) is 5.13. The first-order valence-electron chi connectivity index (χ1n) is 8.87. The van der Waals surface area contributed by atoms with E-state index in [1.807, 2.05) is 4.90 Å². The summed E-state index contributed by atoms with van der Waals surface area (Å²) in [6.07, 6.45) is 3.01. The molecule has 0 radical (unpaired) electrons. The number of nitrogens with one attached hydrogen (secondary N) is 1. The zero-order valence-electron chi connectivity index (χ0n) is 16.1. The Labute approximate surface area is 163 Å². The molecule has 1 N–H and O–H groups in total. The minimum atomic E-state index is -0.396. The maximum atomic E-state index is 12.5. The zero-order chi connectivity index (χ0) is 20.1. The van der Waals surface area contributed by atoms with Crippen molar-refractivity contribution < 1.29 is 19.1 Å². The number of nitrogens with zero attached hydrogens (tertiary/aromatic N) is 4. The van der Waals surface area contributed by atoms with Gasteiger partial charge in [0, 0.05) is 39.2 Å². The van der Waals surface area contributed by atoms with Crippen LogP contribution < -0.4 is 19.7 Å². The van der Waals surface area contributed by atoms with Gasteiger partial charge in [-0.3, -0.25) is 9.59 Å². The van der Waals surface area contributed by atoms with Gasteiger partial charge >= 0.3 is 0 Å². The largest absolute Gasteiger partial charge is 0.497 e. The maximum Gasteiger partial charge on any atom is 0.275 e. The predicted molar refractivity (Wildman–Crippen MR) is 104 cm³/mol. The maximum absolute atomic E-state index is 12.5. The molecule has 1 saturated heterocycles. The van der Waals surface area contributed by atoms with E-state index in [2.05, 4.69) is 15.3 Å². The highest BCUT2D eigenvalue weighted by Gasteiger charge is 2.20. The molecular weight excluding hydrogens is 362 g/mol. The van der Waals surface area contributed by atoms with Crippen LogP contribution in [0.25, 0.3) is 0 Å². The Morgan fingerprint density at radius 2 is 1.79 bits per heavy atom. The number of methoxy groups -OCH3 is 2. The number of hydrogen-bond donors (Lipinski definition) is 1. The fourth-order valence-electron chi connectivity index (χ4n) is 2.95. The molecule has 2 heterocycles. The molecule has 0 aliphatic carbocycles. The Kier molecular flexibility index (Phi) is 5.93. The van der Waals surface area contributed by atoms with Crippen molar-refractivity contribution in [2.45, 2.75) is 6.92 Å². The average Bonchev–Trinajstić information content (AvgIpc) is 2.73. The van der Waals surface area contributed by atoms with Crippen molar-refractivity contribution in [2.75, 3.05) is 50.6 Å². The van der Waals surface area contributed by atoms with Crippen LogP contribution in [0.3, 0.4) is 0 Å². The van der Waals surface area contributed by atoms with E-state index in [1.165, 1.54) is 13.3 Å². The van der Waals surface area contributed by atoms with Gasteiger partial charge in [0.1, 0.15) is 23.0 Å². The van der Waals surface area contributed by atoms with Crippen LogP contribution in [0.15, 0.2) is 30.6 Å². The molecule has 0 spiro atoms. The average molecular weight is 385 g/mol. The standard InChI is InChI=1S/C19H23N5O4/c1-13(25)23-6-8-24(9-7-23)18-12-20-16(11-21-18)19(26)22-15-10-14(27-2)4-5-17(15)28-3/h4-5,10-12H,6-9H2,1-3H3,(H,22,26). The zero-order valence-corrected chi connectivity index (χ0v) is 16.1. The molecule has 1 aliphatic heterocycles. The number of carbonyl (C=O) groups excluding carboxylic acids is 2. The second-order valence-electron chi connectivity index (χ2n) is 6.27. The van der Waals surface area contributed by atoms with Crippen LogP contribution in [-0.4, -0.2) is 67.1 Å². The molecule has 0 unspecified atom stereocenters. The monoisotopic (exact) mass is 385 g/mol. The summed E-state index contributed by atoms with van der Waals surface area (Å²) in [5.41, 5.74) is 0.675. The second kappa shape index (κ2) is 8.55. The normalized spacial score (nSPS) is 13.8. The topological polar surface area (TPSA) is 96.9 Å². The van der Waals surface area contributed by atoms with Gasteiger partial charge in [0.05, 0.1) is 32.3 Å². The van der Waals surface area contributed by atoms with Gasteiger partial charge in [-0.2, -0.15) is 0 Å². The molecule has 1 aromatic heterocycles. The smallest absolute Gasteiger partial charge is 0.275 e. The van der Waals surface area contributed by atoms with E-state index in [-0.39, 0.29) is 11.6 Å². The van der Waals surface area contributed by atoms with Crippen molar-refractivity contribution in [1.29, 1.82) is 0 Å². The molecule has 28 heavy (non-hydrogen) atoms. The van der Waals surface area contributed by atoms with Gasteiger partial charge in [-0.15, -0.1) is 0 Å². The van der Waals surface area contributed by atoms with E-state index >= 15 is 0 Å². The highest BCUT2D eigenvalue weighted by molar-refractivity contribution is 6.03. The highest BCUT2D eigenvalue weighted by Crippen LogP contribution is 2.29. The molecule has 2 aromatic rings. The van der Waals surface area contributed by atoms with Crippen molar-refractivity contribution in [1.82, 2.24) is 14.9 Å². The first-order chi connectivity index (χ1) is 13.5. The van der Waals surface area contributed by atoms with E-state index < -0.39 is 5.91 Å². The van der Waals surface area contributed by atoms with Gasteiger partial charge in [0.2, 0.25) is 5.91 Å². The molecular formula is C19H23N5O4. The number of rotatable bonds is 5.